The van der Waals surface area contributed by atoms with Crippen LogP contribution in [0, 0.1) is 19.8 Å². The molecule has 8 nitrogen and oxygen atoms in total. The Balaban J connectivity index is 1.58. The molecular formula is C21H30N4O4S. The maximum atomic E-state index is 12.9. The van der Waals surface area contributed by atoms with Crippen LogP contribution in [0.15, 0.2) is 39.8 Å². The fraction of sp³-hybridized carbons (Fsp3) is 0.524. The van der Waals surface area contributed by atoms with E-state index in [2.05, 4.69) is 27.5 Å². The lowest BCUT2D eigenvalue weighted by Crippen LogP contribution is -2.44. The Hall–Kier alpha value is -2.23. The first kappa shape index (κ1) is 22.5. The van der Waals surface area contributed by atoms with Crippen molar-refractivity contribution in [2.45, 2.75) is 37.6 Å². The van der Waals surface area contributed by atoms with Gasteiger partial charge in [0.25, 0.3) is 0 Å². The monoisotopic (exact) mass is 434 g/mol. The highest BCUT2D eigenvalue weighted by Crippen LogP contribution is 2.28. The van der Waals surface area contributed by atoms with Crippen molar-refractivity contribution in [3.8, 4) is 0 Å². The number of hydrogen-bond acceptors (Lipinski definition) is 6. The van der Waals surface area contributed by atoms with Crippen LogP contribution in [0.4, 0.5) is 0 Å². The number of sulfonamides is 1. The van der Waals surface area contributed by atoms with Gasteiger partial charge in [-0.15, -0.1) is 0 Å². The van der Waals surface area contributed by atoms with Crippen LogP contribution in [0.1, 0.15) is 35.9 Å². The van der Waals surface area contributed by atoms with Crippen LogP contribution in [0.25, 0.3) is 0 Å². The van der Waals surface area contributed by atoms with Crippen molar-refractivity contribution in [1.29, 1.82) is 0 Å². The predicted molar refractivity (Wildman–Crippen MR) is 113 cm³/mol. The third-order valence-corrected chi connectivity index (χ3v) is 7.81. The normalized spacial score (nSPS) is 17.2. The molecule has 164 valence electrons. The van der Waals surface area contributed by atoms with E-state index < -0.39 is 10.0 Å². The van der Waals surface area contributed by atoms with Crippen molar-refractivity contribution in [2.24, 2.45) is 5.92 Å². The van der Waals surface area contributed by atoms with Crippen LogP contribution >= 0.6 is 0 Å². The summed E-state index contributed by atoms with van der Waals surface area (Å²) in [6, 6.07) is 10.1. The van der Waals surface area contributed by atoms with E-state index in [9.17, 15) is 13.2 Å². The van der Waals surface area contributed by atoms with Crippen LogP contribution in [0.5, 0.6) is 0 Å². The van der Waals surface area contributed by atoms with Gasteiger partial charge in [0, 0.05) is 25.6 Å². The number of hydrogen-bond donors (Lipinski definition) is 1. The van der Waals surface area contributed by atoms with E-state index in [4.69, 9.17) is 4.52 Å². The fourth-order valence-electron chi connectivity index (χ4n) is 3.95. The van der Waals surface area contributed by atoms with Gasteiger partial charge in [0.2, 0.25) is 15.9 Å². The molecule has 1 fully saturated rings. The minimum atomic E-state index is -3.66. The van der Waals surface area contributed by atoms with Gasteiger partial charge in [-0.05, 0) is 46.3 Å². The second kappa shape index (κ2) is 9.28. The SMILES string of the molecule is Cc1noc(C)c1S(=O)(=O)N1CCC(C(=O)NC[C@H](c2ccccc2)N(C)C)CC1. The maximum absolute atomic E-state index is 12.9. The second-order valence-corrected chi connectivity index (χ2v) is 9.84. The lowest BCUT2D eigenvalue weighted by molar-refractivity contribution is -0.126. The van der Waals surface area contributed by atoms with E-state index in [1.54, 1.807) is 13.8 Å². The van der Waals surface area contributed by atoms with Gasteiger partial charge in [-0.1, -0.05) is 35.5 Å². The molecule has 1 aliphatic rings. The van der Waals surface area contributed by atoms with Gasteiger partial charge in [0.1, 0.15) is 10.6 Å². The zero-order valence-corrected chi connectivity index (χ0v) is 18.8. The fourth-order valence-corrected chi connectivity index (χ4v) is 5.71. The summed E-state index contributed by atoms with van der Waals surface area (Å²) in [5, 5.41) is 6.81. The third-order valence-electron chi connectivity index (χ3n) is 5.67. The molecule has 0 bridgehead atoms. The van der Waals surface area contributed by atoms with Gasteiger partial charge in [0.15, 0.2) is 5.76 Å². The molecule has 1 amide bonds. The number of piperidine rings is 1. The minimum Gasteiger partial charge on any atom is -0.360 e. The molecule has 3 rings (SSSR count). The lowest BCUT2D eigenvalue weighted by Gasteiger charge is -2.31. The molecule has 0 spiro atoms. The summed E-state index contributed by atoms with van der Waals surface area (Å²) in [4.78, 5) is 14.9. The van der Waals surface area contributed by atoms with Gasteiger partial charge in [-0.3, -0.25) is 4.79 Å². The van der Waals surface area contributed by atoms with Gasteiger partial charge >= 0.3 is 0 Å². The topological polar surface area (TPSA) is 95.8 Å². The molecule has 1 aromatic heterocycles. The number of aryl methyl sites for hydroxylation is 2. The Bertz CT molecular complexity index is 945. The van der Waals surface area contributed by atoms with Crippen LogP contribution in [-0.4, -0.2) is 62.4 Å². The molecule has 0 saturated carbocycles. The summed E-state index contributed by atoms with van der Waals surface area (Å²) in [5.74, 6) is 0.0786. The van der Waals surface area contributed by atoms with Crippen molar-refractivity contribution >= 4 is 15.9 Å². The highest BCUT2D eigenvalue weighted by Gasteiger charge is 2.35. The molecule has 2 aromatic rings. The molecule has 0 unspecified atom stereocenters. The Morgan fingerprint density at radius 3 is 2.40 bits per heavy atom. The number of aromatic nitrogens is 1. The number of likely N-dealkylation sites (N-methyl/N-ethyl adjacent to an activating group) is 1. The Kier molecular flexibility index (Phi) is 6.95. The highest BCUT2D eigenvalue weighted by molar-refractivity contribution is 7.89. The smallest absolute Gasteiger partial charge is 0.248 e. The Labute approximate surface area is 178 Å². The molecule has 0 radical (unpaired) electrons. The summed E-state index contributed by atoms with van der Waals surface area (Å²) >= 11 is 0. The van der Waals surface area contributed by atoms with Gasteiger partial charge in [-0.2, -0.15) is 4.31 Å². The van der Waals surface area contributed by atoms with Crippen molar-refractivity contribution in [2.75, 3.05) is 33.7 Å². The van der Waals surface area contributed by atoms with Crippen LogP contribution in [0.2, 0.25) is 0 Å². The summed E-state index contributed by atoms with van der Waals surface area (Å²) in [6.07, 6.45) is 0.985. The average Bonchev–Trinajstić information content (AvgIpc) is 3.07. The number of nitrogens with zero attached hydrogens (tertiary/aromatic N) is 3. The second-order valence-electron chi connectivity index (χ2n) is 7.97. The first-order chi connectivity index (χ1) is 14.2. The van der Waals surface area contributed by atoms with Crippen molar-refractivity contribution in [3.63, 3.8) is 0 Å². The van der Waals surface area contributed by atoms with E-state index in [0.29, 0.717) is 43.9 Å². The standard InChI is InChI=1S/C21H30N4O4S/c1-15-20(16(2)29-23-15)30(27,28)25-12-10-18(11-13-25)21(26)22-14-19(24(3)4)17-8-6-5-7-9-17/h5-9,18-19H,10-14H2,1-4H3,(H,22,26)/t19-/m1/s1. The average molecular weight is 435 g/mol. The molecule has 2 heterocycles. The quantitative estimate of drug-likeness (QED) is 0.717. The molecule has 9 heteroatoms. The van der Waals surface area contributed by atoms with Gasteiger partial charge in [0.05, 0.1) is 6.04 Å². The van der Waals surface area contributed by atoms with E-state index in [-0.39, 0.29) is 22.8 Å². The van der Waals surface area contributed by atoms with Crippen molar-refractivity contribution < 1.29 is 17.7 Å². The molecular weight excluding hydrogens is 404 g/mol. The third kappa shape index (κ3) is 4.74. The summed E-state index contributed by atoms with van der Waals surface area (Å²) in [5.41, 5.74) is 1.51. The summed E-state index contributed by atoms with van der Waals surface area (Å²) < 4.78 is 32.3. The van der Waals surface area contributed by atoms with E-state index in [1.807, 2.05) is 32.3 Å². The predicted octanol–water partition coefficient (Wildman–Crippen LogP) is 2.11. The first-order valence-electron chi connectivity index (χ1n) is 10.1. The summed E-state index contributed by atoms with van der Waals surface area (Å²) in [6.45, 7) is 4.34. The summed E-state index contributed by atoms with van der Waals surface area (Å²) in [7, 11) is 0.312. The zero-order chi connectivity index (χ0) is 21.9. The number of benzene rings is 1. The molecule has 1 aliphatic heterocycles. The number of carbonyl (C=O) groups excluding carboxylic acids is 1. The molecule has 30 heavy (non-hydrogen) atoms. The largest absolute Gasteiger partial charge is 0.360 e. The Morgan fingerprint density at radius 1 is 1.23 bits per heavy atom. The highest BCUT2D eigenvalue weighted by atomic mass is 32.2. The molecule has 1 aromatic carbocycles. The van der Waals surface area contributed by atoms with Crippen LogP contribution in [0.3, 0.4) is 0 Å². The van der Waals surface area contributed by atoms with Gasteiger partial charge in [-0.25, -0.2) is 8.42 Å². The van der Waals surface area contributed by atoms with E-state index in [0.717, 1.165) is 5.56 Å². The lowest BCUT2D eigenvalue weighted by atomic mass is 9.97. The molecule has 1 saturated heterocycles. The van der Waals surface area contributed by atoms with E-state index in [1.165, 1.54) is 4.31 Å². The number of amides is 1. The maximum Gasteiger partial charge on any atom is 0.248 e. The number of nitrogens with one attached hydrogen (secondary N) is 1. The molecule has 0 aliphatic carbocycles. The van der Waals surface area contributed by atoms with Crippen LogP contribution in [-0.2, 0) is 14.8 Å². The molecule has 1 N–H and O–H groups in total. The zero-order valence-electron chi connectivity index (χ0n) is 18.0. The first-order valence-corrected chi connectivity index (χ1v) is 11.6. The van der Waals surface area contributed by atoms with Crippen molar-refractivity contribution in [3.05, 3.63) is 47.3 Å². The number of carbonyl (C=O) groups is 1. The van der Waals surface area contributed by atoms with E-state index >= 15 is 0 Å². The molecule has 1 atom stereocenters. The minimum absolute atomic E-state index is 0.0211. The van der Waals surface area contributed by atoms with Crippen LogP contribution < -0.4 is 5.32 Å². The van der Waals surface area contributed by atoms with Gasteiger partial charge < -0.3 is 14.7 Å². The number of rotatable bonds is 7. The van der Waals surface area contributed by atoms with Crippen molar-refractivity contribution in [1.82, 2.24) is 19.7 Å². The Morgan fingerprint density at radius 2 is 1.87 bits per heavy atom.